The van der Waals surface area contributed by atoms with E-state index in [1.165, 1.54) is 13.0 Å². The molecule has 37 heavy (non-hydrogen) atoms. The number of anilines is 1. The Morgan fingerprint density at radius 1 is 0.865 bits per heavy atom. The number of rotatable bonds is 9. The van der Waals surface area contributed by atoms with Gasteiger partial charge < -0.3 is 15.4 Å². The Kier molecular flexibility index (Phi) is 7.73. The Hall–Kier alpha value is -4.79. The van der Waals surface area contributed by atoms with Crippen molar-refractivity contribution in [3.8, 4) is 5.75 Å². The van der Waals surface area contributed by atoms with Gasteiger partial charge in [0, 0.05) is 37.7 Å². The molecule has 0 saturated heterocycles. The Morgan fingerprint density at radius 2 is 1.54 bits per heavy atom. The summed E-state index contributed by atoms with van der Waals surface area (Å²) in [4.78, 5) is 62.4. The fourth-order valence-corrected chi connectivity index (χ4v) is 3.99. The number of para-hydroxylation sites is 1. The van der Waals surface area contributed by atoms with E-state index in [9.17, 15) is 24.0 Å². The maximum Gasteiger partial charge on any atom is 0.308 e. The molecule has 3 aromatic carbocycles. The molecular formula is C28H25N3O6. The average molecular weight is 500 g/mol. The zero-order valence-corrected chi connectivity index (χ0v) is 20.2. The van der Waals surface area contributed by atoms with Crippen molar-refractivity contribution in [2.75, 3.05) is 11.9 Å². The van der Waals surface area contributed by atoms with Crippen molar-refractivity contribution >= 4 is 35.3 Å². The van der Waals surface area contributed by atoms with Gasteiger partial charge in [-0.25, -0.2) is 0 Å². The van der Waals surface area contributed by atoms with Gasteiger partial charge in [-0.2, -0.15) is 0 Å². The molecule has 9 heteroatoms. The predicted molar refractivity (Wildman–Crippen MR) is 135 cm³/mol. The van der Waals surface area contributed by atoms with Crippen LogP contribution in [0.2, 0.25) is 0 Å². The third-order valence-corrected chi connectivity index (χ3v) is 5.75. The van der Waals surface area contributed by atoms with Crippen molar-refractivity contribution < 1.29 is 28.7 Å². The first-order valence-electron chi connectivity index (χ1n) is 11.7. The molecule has 9 nitrogen and oxygen atoms in total. The second-order valence-electron chi connectivity index (χ2n) is 8.42. The Balaban J connectivity index is 1.30. The molecule has 0 fully saturated rings. The van der Waals surface area contributed by atoms with Crippen LogP contribution in [0.25, 0.3) is 0 Å². The number of benzene rings is 3. The SMILES string of the molecule is CC(=O)Oc1cccc(C(=O)NCc2ccccc2NC(=O)CCCN2C(=O)c3ccccc3C2=O)c1. The first kappa shape index (κ1) is 25.3. The molecule has 0 spiro atoms. The minimum atomic E-state index is -0.481. The first-order valence-corrected chi connectivity index (χ1v) is 11.7. The van der Waals surface area contributed by atoms with Crippen molar-refractivity contribution in [2.45, 2.75) is 26.3 Å². The maximum absolute atomic E-state index is 12.6. The third-order valence-electron chi connectivity index (χ3n) is 5.75. The van der Waals surface area contributed by atoms with Crippen LogP contribution in [0.4, 0.5) is 5.69 Å². The molecule has 1 aliphatic rings. The van der Waals surface area contributed by atoms with Gasteiger partial charge in [-0.15, -0.1) is 0 Å². The van der Waals surface area contributed by atoms with Crippen molar-refractivity contribution in [3.63, 3.8) is 0 Å². The van der Waals surface area contributed by atoms with E-state index in [0.29, 0.717) is 34.4 Å². The van der Waals surface area contributed by atoms with Gasteiger partial charge in [0.2, 0.25) is 5.91 Å². The summed E-state index contributed by atoms with van der Waals surface area (Å²) >= 11 is 0. The molecule has 2 N–H and O–H groups in total. The second-order valence-corrected chi connectivity index (χ2v) is 8.42. The van der Waals surface area contributed by atoms with Crippen molar-refractivity contribution in [1.82, 2.24) is 10.2 Å². The van der Waals surface area contributed by atoms with Gasteiger partial charge in [0.15, 0.2) is 0 Å². The van der Waals surface area contributed by atoms with Gasteiger partial charge >= 0.3 is 5.97 Å². The number of imide groups is 1. The quantitative estimate of drug-likeness (QED) is 0.264. The van der Waals surface area contributed by atoms with Gasteiger partial charge in [-0.1, -0.05) is 36.4 Å². The molecule has 1 aliphatic heterocycles. The van der Waals surface area contributed by atoms with Crippen molar-refractivity contribution in [2.24, 2.45) is 0 Å². The lowest BCUT2D eigenvalue weighted by molar-refractivity contribution is -0.131. The van der Waals surface area contributed by atoms with E-state index in [1.54, 1.807) is 66.7 Å². The van der Waals surface area contributed by atoms with E-state index in [4.69, 9.17) is 4.74 Å². The van der Waals surface area contributed by atoms with Crippen LogP contribution in [0.5, 0.6) is 5.75 Å². The van der Waals surface area contributed by atoms with Gasteiger partial charge in [0.1, 0.15) is 5.75 Å². The van der Waals surface area contributed by atoms with Gasteiger partial charge in [-0.05, 0) is 48.4 Å². The highest BCUT2D eigenvalue weighted by Gasteiger charge is 2.34. The number of esters is 1. The highest BCUT2D eigenvalue weighted by molar-refractivity contribution is 6.21. The molecule has 188 valence electrons. The van der Waals surface area contributed by atoms with E-state index in [2.05, 4.69) is 10.6 Å². The number of carbonyl (C=O) groups excluding carboxylic acids is 5. The first-order chi connectivity index (χ1) is 17.8. The Bertz CT molecular complexity index is 1350. The van der Waals surface area contributed by atoms with Crippen LogP contribution >= 0.6 is 0 Å². The number of hydrogen-bond acceptors (Lipinski definition) is 6. The van der Waals surface area contributed by atoms with E-state index < -0.39 is 5.97 Å². The van der Waals surface area contributed by atoms with Crippen molar-refractivity contribution in [1.29, 1.82) is 0 Å². The van der Waals surface area contributed by atoms with Crippen LogP contribution in [-0.2, 0) is 16.1 Å². The van der Waals surface area contributed by atoms with E-state index >= 15 is 0 Å². The molecule has 0 unspecified atom stereocenters. The number of nitrogens with one attached hydrogen (secondary N) is 2. The molecule has 0 bridgehead atoms. The molecule has 4 amide bonds. The second kappa shape index (κ2) is 11.3. The lowest BCUT2D eigenvalue weighted by Gasteiger charge is -2.14. The van der Waals surface area contributed by atoms with Crippen LogP contribution in [0.15, 0.2) is 72.8 Å². The monoisotopic (exact) mass is 499 g/mol. The summed E-state index contributed by atoms with van der Waals surface area (Å²) in [5, 5.41) is 5.63. The summed E-state index contributed by atoms with van der Waals surface area (Å²) in [6, 6.07) is 20.0. The molecule has 0 radical (unpaired) electrons. The highest BCUT2D eigenvalue weighted by Crippen LogP contribution is 2.23. The lowest BCUT2D eigenvalue weighted by atomic mass is 10.1. The topological polar surface area (TPSA) is 122 Å². The fraction of sp³-hybridized carbons (Fsp3) is 0.179. The van der Waals surface area contributed by atoms with Crippen LogP contribution in [0.1, 0.15) is 56.4 Å². The molecule has 4 rings (SSSR count). The number of hydrogen-bond donors (Lipinski definition) is 2. The predicted octanol–water partition coefficient (Wildman–Crippen LogP) is 3.56. The normalized spacial score (nSPS) is 12.2. The maximum atomic E-state index is 12.6. The van der Waals surface area contributed by atoms with E-state index in [-0.39, 0.29) is 48.9 Å². The molecule has 0 saturated carbocycles. The summed E-state index contributed by atoms with van der Waals surface area (Å²) in [7, 11) is 0. The summed E-state index contributed by atoms with van der Waals surface area (Å²) in [6.07, 6.45) is 0.423. The number of amides is 4. The molecule has 0 aromatic heterocycles. The van der Waals surface area contributed by atoms with Gasteiger partial charge in [0.05, 0.1) is 11.1 Å². The lowest BCUT2D eigenvalue weighted by Crippen LogP contribution is -2.31. The molecule has 1 heterocycles. The van der Waals surface area contributed by atoms with E-state index in [1.807, 2.05) is 0 Å². The van der Waals surface area contributed by atoms with Crippen LogP contribution in [-0.4, -0.2) is 41.0 Å². The zero-order chi connectivity index (χ0) is 26.4. The third kappa shape index (κ3) is 6.07. The van der Waals surface area contributed by atoms with E-state index in [0.717, 1.165) is 4.90 Å². The molecular weight excluding hydrogens is 474 g/mol. The van der Waals surface area contributed by atoms with Crippen LogP contribution < -0.4 is 15.4 Å². The van der Waals surface area contributed by atoms with Gasteiger partial charge in [0.25, 0.3) is 17.7 Å². The molecule has 3 aromatic rings. The smallest absolute Gasteiger partial charge is 0.308 e. The standard InChI is InChI=1S/C28H25N3O6/c1-18(32)37-21-10-6-9-19(16-21)26(34)29-17-20-8-2-5-13-24(20)30-25(33)14-7-15-31-27(35)22-11-3-4-12-23(22)28(31)36/h2-6,8-13,16H,7,14-15,17H2,1H3,(H,29,34)(H,30,33). The number of ether oxygens (including phenoxy) is 1. The Morgan fingerprint density at radius 3 is 2.24 bits per heavy atom. The minimum absolute atomic E-state index is 0.108. The average Bonchev–Trinajstić information content (AvgIpc) is 3.13. The number of nitrogens with zero attached hydrogens (tertiary/aromatic N) is 1. The molecule has 0 aliphatic carbocycles. The minimum Gasteiger partial charge on any atom is -0.427 e. The molecule has 0 atom stereocenters. The largest absolute Gasteiger partial charge is 0.427 e. The van der Waals surface area contributed by atoms with Crippen LogP contribution in [0, 0.1) is 0 Å². The number of carbonyl (C=O) groups is 5. The highest BCUT2D eigenvalue weighted by atomic mass is 16.5. The van der Waals surface area contributed by atoms with Crippen LogP contribution in [0.3, 0.4) is 0 Å². The number of fused-ring (bicyclic) bond motifs is 1. The van der Waals surface area contributed by atoms with Gasteiger partial charge in [-0.3, -0.25) is 28.9 Å². The fourth-order valence-electron chi connectivity index (χ4n) is 3.99. The summed E-state index contributed by atoms with van der Waals surface area (Å²) in [5.41, 5.74) is 2.33. The van der Waals surface area contributed by atoms with Crippen molar-refractivity contribution in [3.05, 3.63) is 95.1 Å². The summed E-state index contributed by atoms with van der Waals surface area (Å²) < 4.78 is 5.02. The zero-order valence-electron chi connectivity index (χ0n) is 20.2. The Labute approximate surface area is 213 Å². The summed E-state index contributed by atoms with van der Waals surface area (Å²) in [6.45, 7) is 1.58. The summed E-state index contributed by atoms with van der Waals surface area (Å²) in [5.74, 6) is -1.54.